The van der Waals surface area contributed by atoms with Gasteiger partial charge in [0, 0.05) is 5.92 Å². The van der Waals surface area contributed by atoms with Gasteiger partial charge in [-0.2, -0.15) is 0 Å². The average molecular weight is 110 g/mol. The summed E-state index contributed by atoms with van der Waals surface area (Å²) < 4.78 is 5.09. The lowest BCUT2D eigenvalue weighted by molar-refractivity contribution is -0.0616. The van der Waals surface area contributed by atoms with Crippen molar-refractivity contribution in [2.24, 2.45) is 5.92 Å². The monoisotopic (exact) mass is 110 g/mol. The van der Waals surface area contributed by atoms with E-state index in [0.29, 0.717) is 5.92 Å². The Hall–Kier alpha value is -0.560. The van der Waals surface area contributed by atoms with Crippen LogP contribution in [0.15, 0.2) is 25.3 Å². The van der Waals surface area contributed by atoms with E-state index in [4.69, 9.17) is 4.74 Å². The molecule has 0 aliphatic carbocycles. The quantitative estimate of drug-likeness (QED) is 0.488. The molecule has 2 atom stereocenters. The summed E-state index contributed by atoms with van der Waals surface area (Å²) in [4.78, 5) is 0. The maximum atomic E-state index is 5.09. The molecule has 0 bridgehead atoms. The fourth-order valence-corrected chi connectivity index (χ4v) is 0.763. The SMILES string of the molecule is C=CC1COC1C=C. The zero-order chi connectivity index (χ0) is 5.98. The Kier molecular flexibility index (Phi) is 1.49. The zero-order valence-corrected chi connectivity index (χ0v) is 4.84. The van der Waals surface area contributed by atoms with Crippen LogP contribution in [0.1, 0.15) is 0 Å². The van der Waals surface area contributed by atoms with Crippen LogP contribution in [0.3, 0.4) is 0 Å². The van der Waals surface area contributed by atoms with Gasteiger partial charge in [-0.15, -0.1) is 13.2 Å². The van der Waals surface area contributed by atoms with Crippen LogP contribution in [-0.4, -0.2) is 12.7 Å². The molecule has 44 valence electrons. The van der Waals surface area contributed by atoms with Gasteiger partial charge in [0.05, 0.1) is 12.7 Å². The van der Waals surface area contributed by atoms with Crippen molar-refractivity contribution < 1.29 is 4.74 Å². The molecule has 2 unspecified atom stereocenters. The number of hydrogen-bond acceptors (Lipinski definition) is 1. The van der Waals surface area contributed by atoms with Gasteiger partial charge in [-0.1, -0.05) is 12.2 Å². The first-order valence-corrected chi connectivity index (χ1v) is 2.75. The highest BCUT2D eigenvalue weighted by Gasteiger charge is 2.25. The van der Waals surface area contributed by atoms with Crippen molar-refractivity contribution in [3.05, 3.63) is 25.3 Å². The second kappa shape index (κ2) is 2.14. The normalized spacial score (nSPS) is 35.5. The molecule has 0 aromatic carbocycles. The molecule has 0 aromatic rings. The predicted molar refractivity (Wildman–Crippen MR) is 33.6 cm³/mol. The summed E-state index contributed by atoms with van der Waals surface area (Å²) >= 11 is 0. The van der Waals surface area contributed by atoms with Crippen LogP contribution in [0.2, 0.25) is 0 Å². The third-order valence-corrected chi connectivity index (χ3v) is 1.44. The first-order chi connectivity index (χ1) is 3.88. The molecular weight excluding hydrogens is 100 g/mol. The third kappa shape index (κ3) is 0.693. The molecule has 0 aromatic heterocycles. The molecule has 1 fully saturated rings. The van der Waals surface area contributed by atoms with E-state index in [1.165, 1.54) is 0 Å². The topological polar surface area (TPSA) is 9.23 Å². The van der Waals surface area contributed by atoms with Gasteiger partial charge in [0.2, 0.25) is 0 Å². The summed E-state index contributed by atoms with van der Waals surface area (Å²) in [5.74, 6) is 0.521. The molecule has 1 heteroatoms. The minimum absolute atomic E-state index is 0.243. The minimum atomic E-state index is 0.243. The Morgan fingerprint density at radius 2 is 2.12 bits per heavy atom. The van der Waals surface area contributed by atoms with Crippen molar-refractivity contribution >= 4 is 0 Å². The van der Waals surface area contributed by atoms with Crippen LogP contribution in [0, 0.1) is 5.92 Å². The van der Waals surface area contributed by atoms with E-state index < -0.39 is 0 Å². The number of ether oxygens (including phenoxy) is 1. The van der Waals surface area contributed by atoms with Gasteiger partial charge in [0.15, 0.2) is 0 Å². The van der Waals surface area contributed by atoms with E-state index in [-0.39, 0.29) is 6.10 Å². The molecule has 0 saturated carbocycles. The smallest absolute Gasteiger partial charge is 0.0838 e. The van der Waals surface area contributed by atoms with E-state index >= 15 is 0 Å². The Balaban J connectivity index is 2.36. The summed E-state index contributed by atoms with van der Waals surface area (Å²) in [5.41, 5.74) is 0. The summed E-state index contributed by atoms with van der Waals surface area (Å²) in [6.45, 7) is 8.08. The highest BCUT2D eigenvalue weighted by Crippen LogP contribution is 2.21. The molecule has 0 radical (unpaired) electrons. The van der Waals surface area contributed by atoms with Gasteiger partial charge >= 0.3 is 0 Å². The van der Waals surface area contributed by atoms with Crippen molar-refractivity contribution in [3.8, 4) is 0 Å². The first kappa shape index (κ1) is 5.57. The standard InChI is InChI=1S/C7H10O/c1-3-6-5-8-7(6)4-2/h3-4,6-7H,1-2,5H2. The van der Waals surface area contributed by atoms with Crippen molar-refractivity contribution in [2.75, 3.05) is 6.61 Å². The Labute approximate surface area is 49.7 Å². The molecule has 1 aliphatic rings. The van der Waals surface area contributed by atoms with Crippen LogP contribution in [0.4, 0.5) is 0 Å². The first-order valence-electron chi connectivity index (χ1n) is 2.75. The lowest BCUT2D eigenvalue weighted by Gasteiger charge is -2.31. The molecule has 1 nitrogen and oxygen atoms in total. The second-order valence-electron chi connectivity index (χ2n) is 1.93. The highest BCUT2D eigenvalue weighted by molar-refractivity contribution is 4.99. The fourth-order valence-electron chi connectivity index (χ4n) is 0.763. The summed E-state index contributed by atoms with van der Waals surface area (Å²) in [6.07, 6.45) is 3.97. The molecule has 0 amide bonds. The summed E-state index contributed by atoms with van der Waals surface area (Å²) in [6, 6.07) is 0. The van der Waals surface area contributed by atoms with Crippen LogP contribution in [-0.2, 0) is 4.74 Å². The molecule has 0 N–H and O–H groups in total. The van der Waals surface area contributed by atoms with Gasteiger partial charge in [-0.05, 0) is 0 Å². The molecule has 1 saturated heterocycles. The summed E-state index contributed by atoms with van der Waals surface area (Å²) in [5, 5.41) is 0. The Bertz CT molecular complexity index is 93.0. The fraction of sp³-hybridized carbons (Fsp3) is 0.429. The van der Waals surface area contributed by atoms with E-state index in [1.807, 2.05) is 12.2 Å². The Morgan fingerprint density at radius 3 is 2.25 bits per heavy atom. The number of hydrogen-bond donors (Lipinski definition) is 0. The van der Waals surface area contributed by atoms with E-state index in [2.05, 4.69) is 13.2 Å². The zero-order valence-electron chi connectivity index (χ0n) is 4.84. The largest absolute Gasteiger partial charge is 0.373 e. The van der Waals surface area contributed by atoms with Crippen LogP contribution in [0.25, 0.3) is 0 Å². The molecule has 1 rings (SSSR count). The maximum absolute atomic E-state index is 5.09. The number of rotatable bonds is 2. The highest BCUT2D eigenvalue weighted by atomic mass is 16.5. The van der Waals surface area contributed by atoms with Crippen molar-refractivity contribution in [3.63, 3.8) is 0 Å². The van der Waals surface area contributed by atoms with E-state index in [1.54, 1.807) is 0 Å². The van der Waals surface area contributed by atoms with Gasteiger partial charge in [-0.25, -0.2) is 0 Å². The van der Waals surface area contributed by atoms with Crippen molar-refractivity contribution in [1.29, 1.82) is 0 Å². The lowest BCUT2D eigenvalue weighted by atomic mass is 9.99. The maximum Gasteiger partial charge on any atom is 0.0838 e. The molecule has 1 aliphatic heterocycles. The van der Waals surface area contributed by atoms with Crippen molar-refractivity contribution in [2.45, 2.75) is 6.10 Å². The van der Waals surface area contributed by atoms with Crippen molar-refractivity contribution in [1.82, 2.24) is 0 Å². The Morgan fingerprint density at radius 1 is 1.38 bits per heavy atom. The minimum Gasteiger partial charge on any atom is -0.373 e. The third-order valence-electron chi connectivity index (χ3n) is 1.44. The predicted octanol–water partition coefficient (Wildman–Crippen LogP) is 1.37. The van der Waals surface area contributed by atoms with Crippen LogP contribution >= 0.6 is 0 Å². The molecular formula is C7H10O. The molecule has 8 heavy (non-hydrogen) atoms. The van der Waals surface area contributed by atoms with E-state index in [0.717, 1.165) is 6.61 Å². The average Bonchev–Trinajstić information content (AvgIpc) is 1.66. The molecule has 1 heterocycles. The van der Waals surface area contributed by atoms with Gasteiger partial charge in [0.1, 0.15) is 0 Å². The summed E-state index contributed by atoms with van der Waals surface area (Å²) in [7, 11) is 0. The molecule has 0 spiro atoms. The van der Waals surface area contributed by atoms with Gasteiger partial charge in [0.25, 0.3) is 0 Å². The van der Waals surface area contributed by atoms with Crippen LogP contribution < -0.4 is 0 Å². The van der Waals surface area contributed by atoms with Crippen LogP contribution in [0.5, 0.6) is 0 Å². The van der Waals surface area contributed by atoms with E-state index in [9.17, 15) is 0 Å². The van der Waals surface area contributed by atoms with Gasteiger partial charge < -0.3 is 4.74 Å². The van der Waals surface area contributed by atoms with Gasteiger partial charge in [-0.3, -0.25) is 0 Å². The lowest BCUT2D eigenvalue weighted by Crippen LogP contribution is -2.36. The second-order valence-corrected chi connectivity index (χ2v) is 1.93.